The molecule has 1 rings (SSSR count). The molecular weight excluding hydrogens is 253 g/mol. The minimum atomic E-state index is -1.34. The van der Waals surface area contributed by atoms with Crippen LogP contribution in [0.15, 0.2) is 30.3 Å². The van der Waals surface area contributed by atoms with Gasteiger partial charge in [-0.15, -0.1) is 0 Å². The molecule has 0 aliphatic heterocycles. The van der Waals surface area contributed by atoms with Gasteiger partial charge in [-0.3, -0.25) is 4.79 Å². The van der Waals surface area contributed by atoms with Crippen LogP contribution in [-0.2, 0) is 11.3 Å². The van der Waals surface area contributed by atoms with E-state index in [2.05, 4.69) is 5.32 Å². The molecule has 110 valence electrons. The summed E-state index contributed by atoms with van der Waals surface area (Å²) in [4.78, 5) is 12.3. The second kappa shape index (κ2) is 8.77. The topological polar surface area (TPSA) is 69.6 Å². The molecule has 1 aromatic rings. The zero-order chi connectivity index (χ0) is 15.0. The SMILES string of the molecule is CCC(C)[C@H](CCB(O)O)C(=O)NCc1ccccc1. The van der Waals surface area contributed by atoms with Crippen molar-refractivity contribution in [2.45, 2.75) is 39.6 Å². The lowest BCUT2D eigenvalue weighted by Gasteiger charge is -2.22. The molecule has 1 amide bonds. The monoisotopic (exact) mass is 277 g/mol. The second-order valence-electron chi connectivity index (χ2n) is 5.25. The van der Waals surface area contributed by atoms with Gasteiger partial charge in [0.1, 0.15) is 0 Å². The summed E-state index contributed by atoms with van der Waals surface area (Å²) < 4.78 is 0. The molecule has 1 unspecified atom stereocenters. The molecule has 20 heavy (non-hydrogen) atoms. The number of amides is 1. The zero-order valence-corrected chi connectivity index (χ0v) is 12.2. The van der Waals surface area contributed by atoms with Gasteiger partial charge >= 0.3 is 7.12 Å². The largest absolute Gasteiger partial charge is 0.451 e. The highest BCUT2D eigenvalue weighted by Crippen LogP contribution is 2.21. The third-order valence-corrected chi connectivity index (χ3v) is 3.71. The van der Waals surface area contributed by atoms with Gasteiger partial charge in [-0.1, -0.05) is 50.6 Å². The third kappa shape index (κ3) is 5.76. The van der Waals surface area contributed by atoms with E-state index < -0.39 is 7.12 Å². The van der Waals surface area contributed by atoms with E-state index in [0.717, 1.165) is 12.0 Å². The number of benzene rings is 1. The molecule has 0 aliphatic carbocycles. The summed E-state index contributed by atoms with van der Waals surface area (Å²) in [5.74, 6) is 0.0406. The Morgan fingerprint density at radius 1 is 1.30 bits per heavy atom. The Bertz CT molecular complexity index is 397. The van der Waals surface area contributed by atoms with Crippen LogP contribution in [0.3, 0.4) is 0 Å². The van der Waals surface area contributed by atoms with Crippen molar-refractivity contribution in [2.24, 2.45) is 11.8 Å². The lowest BCUT2D eigenvalue weighted by molar-refractivity contribution is -0.126. The number of carbonyl (C=O) groups is 1. The molecule has 4 nitrogen and oxygen atoms in total. The van der Waals surface area contributed by atoms with Crippen molar-refractivity contribution in [3.63, 3.8) is 0 Å². The molecule has 0 fully saturated rings. The number of nitrogens with one attached hydrogen (secondary N) is 1. The summed E-state index contributed by atoms with van der Waals surface area (Å²) in [6.45, 7) is 4.57. The van der Waals surface area contributed by atoms with Crippen molar-refractivity contribution < 1.29 is 14.8 Å². The van der Waals surface area contributed by atoms with Crippen molar-refractivity contribution in [3.05, 3.63) is 35.9 Å². The van der Waals surface area contributed by atoms with Crippen LogP contribution in [0.2, 0.25) is 6.32 Å². The molecule has 3 N–H and O–H groups in total. The van der Waals surface area contributed by atoms with Crippen molar-refractivity contribution in [1.29, 1.82) is 0 Å². The van der Waals surface area contributed by atoms with Gasteiger partial charge in [-0.05, 0) is 24.2 Å². The van der Waals surface area contributed by atoms with Crippen LogP contribution in [-0.4, -0.2) is 23.1 Å². The van der Waals surface area contributed by atoms with E-state index in [1.54, 1.807) is 0 Å². The van der Waals surface area contributed by atoms with E-state index in [0.29, 0.717) is 13.0 Å². The third-order valence-electron chi connectivity index (χ3n) is 3.71. The van der Waals surface area contributed by atoms with E-state index >= 15 is 0 Å². The highest BCUT2D eigenvalue weighted by atomic mass is 16.4. The predicted octanol–water partition coefficient (Wildman–Crippen LogP) is 1.83. The summed E-state index contributed by atoms with van der Waals surface area (Å²) in [6.07, 6.45) is 1.62. The van der Waals surface area contributed by atoms with Crippen molar-refractivity contribution >= 4 is 13.0 Å². The van der Waals surface area contributed by atoms with Crippen molar-refractivity contribution in [1.82, 2.24) is 5.32 Å². The van der Waals surface area contributed by atoms with E-state index in [9.17, 15) is 4.79 Å². The van der Waals surface area contributed by atoms with Crippen LogP contribution in [0.4, 0.5) is 0 Å². The highest BCUT2D eigenvalue weighted by molar-refractivity contribution is 6.40. The molecular formula is C15H24BNO3. The zero-order valence-electron chi connectivity index (χ0n) is 12.2. The highest BCUT2D eigenvalue weighted by Gasteiger charge is 2.25. The maximum absolute atomic E-state index is 12.3. The molecule has 0 saturated heterocycles. The van der Waals surface area contributed by atoms with E-state index in [4.69, 9.17) is 10.0 Å². The Morgan fingerprint density at radius 2 is 1.95 bits per heavy atom. The fourth-order valence-electron chi connectivity index (χ4n) is 2.20. The fraction of sp³-hybridized carbons (Fsp3) is 0.533. The Kier molecular flexibility index (Phi) is 7.33. The van der Waals surface area contributed by atoms with Gasteiger partial charge in [0.15, 0.2) is 0 Å². The minimum absolute atomic E-state index is 0.0103. The van der Waals surface area contributed by atoms with Crippen LogP contribution >= 0.6 is 0 Å². The Hall–Kier alpha value is -1.33. The van der Waals surface area contributed by atoms with Crippen LogP contribution in [0.25, 0.3) is 0 Å². The first-order chi connectivity index (χ1) is 9.54. The molecule has 2 atom stereocenters. The standard InChI is InChI=1S/C15H24BNO3/c1-3-12(2)14(9-10-16(19)20)15(18)17-11-13-7-5-4-6-8-13/h4-8,12,14,19-20H,3,9-11H2,1-2H3,(H,17,18)/t12?,14-/m0/s1. The van der Waals surface area contributed by atoms with Gasteiger partial charge in [-0.25, -0.2) is 0 Å². The number of hydrogen-bond donors (Lipinski definition) is 3. The van der Waals surface area contributed by atoms with Crippen molar-refractivity contribution in [2.75, 3.05) is 0 Å². The van der Waals surface area contributed by atoms with E-state index in [1.807, 2.05) is 44.2 Å². The van der Waals surface area contributed by atoms with Crippen LogP contribution < -0.4 is 5.32 Å². The Balaban J connectivity index is 2.54. The lowest BCUT2D eigenvalue weighted by Crippen LogP contribution is -2.34. The Labute approximate surface area is 121 Å². The van der Waals surface area contributed by atoms with Gasteiger partial charge in [-0.2, -0.15) is 0 Å². The minimum Gasteiger partial charge on any atom is -0.427 e. The van der Waals surface area contributed by atoms with Crippen molar-refractivity contribution in [3.8, 4) is 0 Å². The maximum Gasteiger partial charge on any atom is 0.451 e. The summed E-state index contributed by atoms with van der Waals surface area (Å²) in [5, 5.41) is 20.9. The van der Waals surface area contributed by atoms with Gasteiger partial charge in [0.2, 0.25) is 5.91 Å². The smallest absolute Gasteiger partial charge is 0.427 e. The van der Waals surface area contributed by atoms with Gasteiger partial charge in [0.25, 0.3) is 0 Å². The first-order valence-electron chi connectivity index (χ1n) is 7.22. The van der Waals surface area contributed by atoms with E-state index in [-0.39, 0.29) is 24.1 Å². The molecule has 5 heteroatoms. The summed E-state index contributed by atoms with van der Waals surface area (Å²) in [5.41, 5.74) is 1.06. The van der Waals surface area contributed by atoms with Crippen LogP contribution in [0.5, 0.6) is 0 Å². The molecule has 0 aliphatic rings. The van der Waals surface area contributed by atoms with Crippen LogP contribution in [0.1, 0.15) is 32.3 Å². The van der Waals surface area contributed by atoms with Crippen LogP contribution in [0, 0.1) is 11.8 Å². The molecule has 0 aromatic heterocycles. The summed E-state index contributed by atoms with van der Waals surface area (Å²) in [7, 11) is -1.34. The van der Waals surface area contributed by atoms with Gasteiger partial charge in [0, 0.05) is 12.5 Å². The molecule has 0 bridgehead atoms. The maximum atomic E-state index is 12.3. The molecule has 0 heterocycles. The van der Waals surface area contributed by atoms with E-state index in [1.165, 1.54) is 0 Å². The second-order valence-corrected chi connectivity index (χ2v) is 5.25. The summed E-state index contributed by atoms with van der Waals surface area (Å²) in [6, 6.07) is 9.76. The predicted molar refractivity (Wildman–Crippen MR) is 80.8 cm³/mol. The molecule has 0 saturated carbocycles. The molecule has 0 spiro atoms. The fourth-order valence-corrected chi connectivity index (χ4v) is 2.20. The number of hydrogen-bond acceptors (Lipinski definition) is 3. The lowest BCUT2D eigenvalue weighted by atomic mass is 9.77. The average Bonchev–Trinajstić information content (AvgIpc) is 2.45. The van der Waals surface area contributed by atoms with Gasteiger partial charge in [0.05, 0.1) is 0 Å². The van der Waals surface area contributed by atoms with Gasteiger partial charge < -0.3 is 15.4 Å². The quantitative estimate of drug-likeness (QED) is 0.635. The summed E-state index contributed by atoms with van der Waals surface area (Å²) >= 11 is 0. The molecule has 0 radical (unpaired) electrons. The number of rotatable bonds is 8. The average molecular weight is 277 g/mol. The first-order valence-corrected chi connectivity index (χ1v) is 7.22. The number of carbonyl (C=O) groups excluding carboxylic acids is 1. The molecule has 1 aromatic carbocycles. The normalized spacial score (nSPS) is 13.6. The first kappa shape index (κ1) is 16.7. The Morgan fingerprint density at radius 3 is 2.50 bits per heavy atom.